The number of carbonyl (C=O) groups is 1. The number of para-hydroxylation sites is 1. The van der Waals surface area contributed by atoms with Crippen LogP contribution < -0.4 is 10.6 Å². The monoisotopic (exact) mass is 337 g/mol. The molecule has 0 saturated carbocycles. The topological polar surface area (TPSA) is 92.1 Å². The van der Waals surface area contributed by atoms with E-state index in [1.807, 2.05) is 18.2 Å². The maximum atomic E-state index is 12.1. The Morgan fingerprint density at radius 2 is 2.00 bits per heavy atom. The molecule has 23 heavy (non-hydrogen) atoms. The molecule has 8 heteroatoms. The fraction of sp³-hybridized carbons (Fsp3) is 0.400. The molecule has 1 amide bonds. The summed E-state index contributed by atoms with van der Waals surface area (Å²) < 4.78 is 1.53. The molecule has 0 aliphatic carbocycles. The second kappa shape index (κ2) is 7.54. The van der Waals surface area contributed by atoms with Crippen LogP contribution >= 0.6 is 12.4 Å². The van der Waals surface area contributed by atoms with Crippen molar-refractivity contribution in [1.82, 2.24) is 20.3 Å². The molecule has 1 aliphatic heterocycles. The van der Waals surface area contributed by atoms with Crippen molar-refractivity contribution in [3.8, 4) is 0 Å². The molecule has 1 aromatic carbocycles. The number of hydrogen-bond donors (Lipinski definition) is 3. The SMILES string of the molecule is Cl.O=C(Nc1ccccc1)c1cn(CC2(O)CCNCC2)nn1. The summed E-state index contributed by atoms with van der Waals surface area (Å²) in [5.41, 5.74) is 0.159. The summed E-state index contributed by atoms with van der Waals surface area (Å²) in [6.45, 7) is 1.92. The van der Waals surface area contributed by atoms with E-state index >= 15 is 0 Å². The average molecular weight is 338 g/mol. The molecule has 3 rings (SSSR count). The highest BCUT2D eigenvalue weighted by Gasteiger charge is 2.30. The zero-order chi connectivity index (χ0) is 15.4. The maximum Gasteiger partial charge on any atom is 0.277 e. The van der Waals surface area contributed by atoms with E-state index in [1.54, 1.807) is 18.3 Å². The number of carbonyl (C=O) groups excluding carboxylic acids is 1. The fourth-order valence-corrected chi connectivity index (χ4v) is 2.55. The van der Waals surface area contributed by atoms with Gasteiger partial charge in [-0.3, -0.25) is 4.79 Å². The second-order valence-electron chi connectivity index (χ2n) is 5.60. The Morgan fingerprint density at radius 3 is 2.70 bits per heavy atom. The van der Waals surface area contributed by atoms with Gasteiger partial charge in [-0.2, -0.15) is 0 Å². The molecular formula is C15H20ClN5O2. The number of hydrogen-bond acceptors (Lipinski definition) is 5. The van der Waals surface area contributed by atoms with Crippen LogP contribution in [0.3, 0.4) is 0 Å². The number of nitrogens with one attached hydrogen (secondary N) is 2. The standard InChI is InChI=1S/C15H19N5O2.ClH/c21-14(17-12-4-2-1-3-5-12)13-10-20(19-18-13)11-15(22)6-8-16-9-7-15;/h1-5,10,16,22H,6-9,11H2,(H,17,21);1H. The molecular weight excluding hydrogens is 318 g/mol. The van der Waals surface area contributed by atoms with E-state index in [4.69, 9.17) is 0 Å². The molecule has 0 bridgehead atoms. The number of aromatic nitrogens is 3. The van der Waals surface area contributed by atoms with Crippen LogP contribution in [0.1, 0.15) is 23.3 Å². The predicted molar refractivity (Wildman–Crippen MR) is 88.7 cm³/mol. The normalized spacial score (nSPS) is 16.4. The van der Waals surface area contributed by atoms with Gasteiger partial charge in [0.05, 0.1) is 18.3 Å². The molecule has 1 aliphatic rings. The number of piperidine rings is 1. The third kappa shape index (κ3) is 4.51. The molecule has 0 radical (unpaired) electrons. The van der Waals surface area contributed by atoms with Gasteiger partial charge in [0.1, 0.15) is 0 Å². The van der Waals surface area contributed by atoms with Gasteiger partial charge in [-0.15, -0.1) is 17.5 Å². The lowest BCUT2D eigenvalue weighted by molar-refractivity contribution is -0.00865. The van der Waals surface area contributed by atoms with Gasteiger partial charge >= 0.3 is 0 Å². The summed E-state index contributed by atoms with van der Waals surface area (Å²) in [5.74, 6) is -0.310. The molecule has 1 fully saturated rings. The van der Waals surface area contributed by atoms with Gasteiger partial charge in [-0.25, -0.2) is 4.68 Å². The fourth-order valence-electron chi connectivity index (χ4n) is 2.55. The summed E-state index contributed by atoms with van der Waals surface area (Å²) in [5, 5.41) is 24.3. The highest BCUT2D eigenvalue weighted by Crippen LogP contribution is 2.20. The third-order valence-electron chi connectivity index (χ3n) is 3.79. The molecule has 7 nitrogen and oxygen atoms in total. The third-order valence-corrected chi connectivity index (χ3v) is 3.79. The zero-order valence-corrected chi connectivity index (χ0v) is 13.4. The Bertz CT molecular complexity index is 640. The van der Waals surface area contributed by atoms with Crippen molar-refractivity contribution in [2.75, 3.05) is 18.4 Å². The molecule has 0 spiro atoms. The van der Waals surface area contributed by atoms with Gasteiger partial charge in [0.2, 0.25) is 0 Å². The van der Waals surface area contributed by atoms with E-state index in [1.165, 1.54) is 4.68 Å². The molecule has 3 N–H and O–H groups in total. The summed E-state index contributed by atoms with van der Waals surface area (Å²) in [7, 11) is 0. The summed E-state index contributed by atoms with van der Waals surface area (Å²) in [4.78, 5) is 12.1. The van der Waals surface area contributed by atoms with Crippen molar-refractivity contribution >= 4 is 24.0 Å². The number of benzene rings is 1. The number of aliphatic hydroxyl groups is 1. The molecule has 2 heterocycles. The van der Waals surface area contributed by atoms with Gasteiger partial charge in [0.15, 0.2) is 5.69 Å². The number of nitrogens with zero attached hydrogens (tertiary/aromatic N) is 3. The van der Waals surface area contributed by atoms with E-state index in [0.29, 0.717) is 25.1 Å². The lowest BCUT2D eigenvalue weighted by Gasteiger charge is -2.32. The van der Waals surface area contributed by atoms with Crippen LogP contribution in [0.25, 0.3) is 0 Å². The van der Waals surface area contributed by atoms with Crippen LogP contribution in [0.4, 0.5) is 5.69 Å². The first-order valence-corrected chi connectivity index (χ1v) is 7.34. The lowest BCUT2D eigenvalue weighted by Crippen LogP contribution is -2.44. The number of rotatable bonds is 4. The number of amides is 1. The zero-order valence-electron chi connectivity index (χ0n) is 12.6. The number of halogens is 1. The second-order valence-corrected chi connectivity index (χ2v) is 5.60. The minimum absolute atomic E-state index is 0. The molecule has 0 atom stereocenters. The van der Waals surface area contributed by atoms with E-state index in [2.05, 4.69) is 20.9 Å². The summed E-state index contributed by atoms with van der Waals surface area (Å²) >= 11 is 0. The molecule has 2 aromatic rings. The maximum absolute atomic E-state index is 12.1. The average Bonchev–Trinajstić information content (AvgIpc) is 2.97. The Hall–Kier alpha value is -1.96. The van der Waals surface area contributed by atoms with Crippen molar-refractivity contribution in [3.05, 3.63) is 42.2 Å². The highest BCUT2D eigenvalue weighted by atomic mass is 35.5. The molecule has 1 saturated heterocycles. The highest BCUT2D eigenvalue weighted by molar-refractivity contribution is 6.02. The Morgan fingerprint density at radius 1 is 1.30 bits per heavy atom. The summed E-state index contributed by atoms with van der Waals surface area (Å²) in [6.07, 6.45) is 2.90. The number of anilines is 1. The quantitative estimate of drug-likeness (QED) is 0.776. The van der Waals surface area contributed by atoms with Gasteiger partial charge in [-0.05, 0) is 38.1 Å². The van der Waals surface area contributed by atoms with Crippen molar-refractivity contribution in [2.24, 2.45) is 0 Å². The van der Waals surface area contributed by atoms with Crippen LogP contribution in [-0.2, 0) is 6.54 Å². The van der Waals surface area contributed by atoms with Crippen LogP contribution in [0.5, 0.6) is 0 Å². The minimum Gasteiger partial charge on any atom is -0.388 e. The van der Waals surface area contributed by atoms with E-state index in [0.717, 1.165) is 13.1 Å². The predicted octanol–water partition coefficient (Wildman–Crippen LogP) is 1.07. The van der Waals surface area contributed by atoms with Gasteiger partial charge in [0, 0.05) is 5.69 Å². The first kappa shape index (κ1) is 17.4. The van der Waals surface area contributed by atoms with Gasteiger partial charge < -0.3 is 15.7 Å². The van der Waals surface area contributed by atoms with E-state index < -0.39 is 5.60 Å². The van der Waals surface area contributed by atoms with Crippen molar-refractivity contribution in [3.63, 3.8) is 0 Å². The lowest BCUT2D eigenvalue weighted by atomic mass is 9.92. The van der Waals surface area contributed by atoms with Crippen LogP contribution in [0.2, 0.25) is 0 Å². The molecule has 124 valence electrons. The Labute approximate surface area is 140 Å². The first-order chi connectivity index (χ1) is 10.6. The van der Waals surface area contributed by atoms with Crippen LogP contribution in [0, 0.1) is 0 Å². The van der Waals surface area contributed by atoms with Crippen LogP contribution in [0.15, 0.2) is 36.5 Å². The first-order valence-electron chi connectivity index (χ1n) is 7.34. The smallest absolute Gasteiger partial charge is 0.277 e. The van der Waals surface area contributed by atoms with E-state index in [9.17, 15) is 9.90 Å². The Kier molecular flexibility index (Phi) is 5.70. The Balaban J connectivity index is 0.00000192. The van der Waals surface area contributed by atoms with Crippen molar-refractivity contribution in [2.45, 2.75) is 25.0 Å². The molecule has 1 aromatic heterocycles. The minimum atomic E-state index is -0.786. The van der Waals surface area contributed by atoms with E-state index in [-0.39, 0.29) is 24.0 Å². The summed E-state index contributed by atoms with van der Waals surface area (Å²) in [6, 6.07) is 9.18. The largest absolute Gasteiger partial charge is 0.388 e. The van der Waals surface area contributed by atoms with Gasteiger partial charge in [0.25, 0.3) is 5.91 Å². The van der Waals surface area contributed by atoms with Crippen LogP contribution in [-0.4, -0.2) is 44.7 Å². The van der Waals surface area contributed by atoms with Crippen molar-refractivity contribution < 1.29 is 9.90 Å². The van der Waals surface area contributed by atoms with Crippen molar-refractivity contribution in [1.29, 1.82) is 0 Å². The van der Waals surface area contributed by atoms with Gasteiger partial charge in [-0.1, -0.05) is 23.4 Å². The molecule has 0 unspecified atom stereocenters.